The standard InChI is InChI=1S/C21H16F2N4O2/c1-26-19(18(20(28)27(26)2)13-7-9-14(22)10-8-13)16-11-12-24-21(25-16)29-17-6-4-3-5-15(17)23/h3-12H,1-2H3. The molecule has 4 aromatic rings. The number of hydrogen-bond donors (Lipinski definition) is 0. The Morgan fingerprint density at radius 1 is 0.931 bits per heavy atom. The van der Waals surface area contributed by atoms with Crippen molar-refractivity contribution in [3.8, 4) is 34.3 Å². The molecule has 0 aliphatic carbocycles. The Morgan fingerprint density at radius 3 is 2.38 bits per heavy atom. The Hall–Kier alpha value is -3.81. The Morgan fingerprint density at radius 2 is 1.66 bits per heavy atom. The van der Waals surface area contributed by atoms with E-state index in [1.54, 1.807) is 37.0 Å². The van der Waals surface area contributed by atoms with Gasteiger partial charge in [-0.1, -0.05) is 24.3 Å². The number of halogens is 2. The summed E-state index contributed by atoms with van der Waals surface area (Å²) < 4.78 is 35.8. The second-order valence-electron chi connectivity index (χ2n) is 6.34. The predicted octanol–water partition coefficient (Wildman–Crippen LogP) is 3.92. The molecule has 0 atom stereocenters. The van der Waals surface area contributed by atoms with E-state index < -0.39 is 11.6 Å². The van der Waals surface area contributed by atoms with E-state index in [1.165, 1.54) is 47.3 Å². The van der Waals surface area contributed by atoms with Crippen molar-refractivity contribution in [2.75, 3.05) is 0 Å². The summed E-state index contributed by atoms with van der Waals surface area (Å²) in [5.41, 5.74) is 1.57. The maximum atomic E-state index is 13.9. The van der Waals surface area contributed by atoms with Gasteiger partial charge in [0.25, 0.3) is 5.56 Å². The molecule has 0 unspecified atom stereocenters. The molecule has 0 N–H and O–H groups in total. The maximum absolute atomic E-state index is 13.9. The molecule has 0 bridgehead atoms. The van der Waals surface area contributed by atoms with Crippen molar-refractivity contribution >= 4 is 0 Å². The second-order valence-corrected chi connectivity index (χ2v) is 6.34. The van der Waals surface area contributed by atoms with E-state index >= 15 is 0 Å². The largest absolute Gasteiger partial charge is 0.421 e. The van der Waals surface area contributed by atoms with Crippen LogP contribution in [-0.4, -0.2) is 19.3 Å². The van der Waals surface area contributed by atoms with Crippen LogP contribution in [0.3, 0.4) is 0 Å². The zero-order valence-electron chi connectivity index (χ0n) is 15.6. The average Bonchev–Trinajstić information content (AvgIpc) is 2.95. The summed E-state index contributed by atoms with van der Waals surface area (Å²) in [5.74, 6) is -0.948. The fourth-order valence-corrected chi connectivity index (χ4v) is 3.03. The normalized spacial score (nSPS) is 10.9. The minimum absolute atomic E-state index is 0.00893. The molecule has 8 heteroatoms. The minimum Gasteiger partial charge on any atom is -0.421 e. The molecule has 0 amide bonds. The summed E-state index contributed by atoms with van der Waals surface area (Å²) in [7, 11) is 3.33. The van der Waals surface area contributed by atoms with Crippen LogP contribution in [-0.2, 0) is 14.1 Å². The van der Waals surface area contributed by atoms with Gasteiger partial charge in [-0.15, -0.1) is 0 Å². The Bertz CT molecular complexity index is 1250. The summed E-state index contributed by atoms with van der Waals surface area (Å²) in [5, 5.41) is 0. The molecule has 29 heavy (non-hydrogen) atoms. The summed E-state index contributed by atoms with van der Waals surface area (Å²) in [4.78, 5) is 21.2. The number of aromatic nitrogens is 4. The van der Waals surface area contributed by atoms with E-state index in [-0.39, 0.29) is 17.3 Å². The average molecular weight is 394 g/mol. The summed E-state index contributed by atoms with van der Waals surface area (Å²) in [6.07, 6.45) is 1.46. The fourth-order valence-electron chi connectivity index (χ4n) is 3.03. The van der Waals surface area contributed by atoms with Crippen LogP contribution in [0.25, 0.3) is 22.5 Å². The first-order chi connectivity index (χ1) is 14.0. The van der Waals surface area contributed by atoms with Crippen molar-refractivity contribution in [2.24, 2.45) is 14.1 Å². The molecule has 0 saturated carbocycles. The highest BCUT2D eigenvalue weighted by Crippen LogP contribution is 2.30. The van der Waals surface area contributed by atoms with Crippen LogP contribution < -0.4 is 10.3 Å². The third-order valence-electron chi connectivity index (χ3n) is 4.57. The maximum Gasteiger partial charge on any atom is 0.322 e. The van der Waals surface area contributed by atoms with Crippen LogP contribution in [0.15, 0.2) is 65.6 Å². The molecule has 146 valence electrons. The lowest BCUT2D eigenvalue weighted by Gasteiger charge is -2.09. The topological polar surface area (TPSA) is 61.9 Å². The van der Waals surface area contributed by atoms with Crippen molar-refractivity contribution in [1.82, 2.24) is 19.3 Å². The SMILES string of the molecule is Cn1c(-c2ccnc(Oc3ccccc3F)n2)c(-c2ccc(F)cc2)c(=O)n1C. The molecule has 0 radical (unpaired) electrons. The number of rotatable bonds is 4. The van der Waals surface area contributed by atoms with Crippen LogP contribution >= 0.6 is 0 Å². The van der Waals surface area contributed by atoms with Gasteiger partial charge in [-0.25, -0.2) is 13.8 Å². The van der Waals surface area contributed by atoms with Crippen molar-refractivity contribution in [1.29, 1.82) is 0 Å². The van der Waals surface area contributed by atoms with Gasteiger partial charge in [0, 0.05) is 20.3 Å². The molecule has 0 fully saturated rings. The van der Waals surface area contributed by atoms with Gasteiger partial charge in [0.1, 0.15) is 5.82 Å². The lowest BCUT2D eigenvalue weighted by molar-refractivity contribution is 0.411. The molecule has 2 aromatic carbocycles. The zero-order chi connectivity index (χ0) is 20.5. The molecule has 0 aliphatic heterocycles. The number of hydrogen-bond acceptors (Lipinski definition) is 4. The van der Waals surface area contributed by atoms with Crippen molar-refractivity contribution < 1.29 is 13.5 Å². The lowest BCUT2D eigenvalue weighted by atomic mass is 10.0. The molecular formula is C21H16F2N4O2. The second kappa shape index (κ2) is 7.31. The summed E-state index contributed by atoms with van der Waals surface area (Å²) in [6.45, 7) is 0. The zero-order valence-corrected chi connectivity index (χ0v) is 15.6. The molecule has 0 aliphatic rings. The summed E-state index contributed by atoms with van der Waals surface area (Å²) >= 11 is 0. The highest BCUT2D eigenvalue weighted by Gasteiger charge is 2.21. The third-order valence-corrected chi connectivity index (χ3v) is 4.57. The molecule has 2 heterocycles. The van der Waals surface area contributed by atoms with E-state index in [0.717, 1.165) is 0 Å². The number of ether oxygens (including phenoxy) is 1. The first-order valence-corrected chi connectivity index (χ1v) is 8.73. The van der Waals surface area contributed by atoms with Gasteiger partial charge in [-0.3, -0.25) is 14.2 Å². The molecule has 4 rings (SSSR count). The van der Waals surface area contributed by atoms with E-state index in [2.05, 4.69) is 9.97 Å². The highest BCUT2D eigenvalue weighted by atomic mass is 19.1. The van der Waals surface area contributed by atoms with Crippen LogP contribution in [0.4, 0.5) is 8.78 Å². The van der Waals surface area contributed by atoms with Gasteiger partial charge in [0.05, 0.1) is 17.0 Å². The van der Waals surface area contributed by atoms with Gasteiger partial charge in [0.2, 0.25) is 0 Å². The van der Waals surface area contributed by atoms with E-state index in [1.807, 2.05) is 0 Å². The van der Waals surface area contributed by atoms with Gasteiger partial charge in [0.15, 0.2) is 11.6 Å². The summed E-state index contributed by atoms with van der Waals surface area (Å²) in [6, 6.07) is 13.1. The van der Waals surface area contributed by atoms with E-state index in [0.29, 0.717) is 22.5 Å². The Kier molecular flexibility index (Phi) is 4.67. The third kappa shape index (κ3) is 3.40. The Labute approximate surface area is 164 Å². The monoisotopic (exact) mass is 394 g/mol. The smallest absolute Gasteiger partial charge is 0.322 e. The van der Waals surface area contributed by atoms with Gasteiger partial charge < -0.3 is 4.74 Å². The van der Waals surface area contributed by atoms with Crippen molar-refractivity contribution in [2.45, 2.75) is 0 Å². The van der Waals surface area contributed by atoms with Crippen LogP contribution in [0.1, 0.15) is 0 Å². The van der Waals surface area contributed by atoms with Crippen LogP contribution in [0, 0.1) is 11.6 Å². The molecule has 2 aromatic heterocycles. The number of para-hydroxylation sites is 1. The van der Waals surface area contributed by atoms with Crippen LogP contribution in [0.5, 0.6) is 11.8 Å². The molecule has 0 saturated heterocycles. The Balaban J connectivity index is 1.83. The van der Waals surface area contributed by atoms with Gasteiger partial charge in [-0.05, 0) is 35.9 Å². The van der Waals surface area contributed by atoms with Gasteiger partial charge >= 0.3 is 6.01 Å². The minimum atomic E-state index is -0.541. The van der Waals surface area contributed by atoms with E-state index in [9.17, 15) is 13.6 Å². The number of benzene rings is 2. The van der Waals surface area contributed by atoms with E-state index in [4.69, 9.17) is 4.74 Å². The predicted molar refractivity (Wildman–Crippen MR) is 104 cm³/mol. The molecule has 0 spiro atoms. The first kappa shape index (κ1) is 18.5. The number of nitrogens with zero attached hydrogens (tertiary/aromatic N) is 4. The quantitative estimate of drug-likeness (QED) is 0.526. The van der Waals surface area contributed by atoms with Crippen molar-refractivity contribution in [3.63, 3.8) is 0 Å². The van der Waals surface area contributed by atoms with Gasteiger partial charge in [-0.2, -0.15) is 4.98 Å². The lowest BCUT2D eigenvalue weighted by Crippen LogP contribution is -2.17. The highest BCUT2D eigenvalue weighted by molar-refractivity contribution is 5.79. The molecule has 6 nitrogen and oxygen atoms in total. The van der Waals surface area contributed by atoms with Crippen LogP contribution in [0.2, 0.25) is 0 Å². The van der Waals surface area contributed by atoms with Crippen molar-refractivity contribution in [3.05, 3.63) is 82.8 Å². The molecular weight excluding hydrogens is 378 g/mol. The first-order valence-electron chi connectivity index (χ1n) is 8.73. The fraction of sp³-hybridized carbons (Fsp3) is 0.0952.